The Bertz CT molecular complexity index is 2740. The summed E-state index contributed by atoms with van der Waals surface area (Å²) < 4.78 is 0. The summed E-state index contributed by atoms with van der Waals surface area (Å²) in [5, 5.41) is 46.3. The zero-order chi connectivity index (χ0) is 40.7. The van der Waals surface area contributed by atoms with E-state index < -0.39 is 0 Å². The molecular weight excluding hydrogens is 733 g/mol. The molecule has 8 aromatic rings. The van der Waals surface area contributed by atoms with E-state index in [1.54, 1.807) is 0 Å². The van der Waals surface area contributed by atoms with Crippen molar-refractivity contribution >= 4 is 66.4 Å². The first kappa shape index (κ1) is 36.7. The molecule has 0 radical (unpaired) electrons. The zero-order valence-electron chi connectivity index (χ0n) is 33.2. The van der Waals surface area contributed by atoms with Gasteiger partial charge in [-0.15, -0.1) is 0 Å². The maximum Gasteiger partial charge on any atom is 0.0991 e. The van der Waals surface area contributed by atoms with Crippen molar-refractivity contribution in [1.29, 1.82) is 21.0 Å². The van der Waals surface area contributed by atoms with Gasteiger partial charge in [-0.05, 0) is 179 Å². The molecule has 0 aromatic heterocycles. The summed E-state index contributed by atoms with van der Waals surface area (Å²) in [5.74, 6) is 0.833. The fraction of sp³-hybridized carbons (Fsp3) is 0.185. The molecule has 6 nitrogen and oxygen atoms in total. The first-order valence-corrected chi connectivity index (χ1v) is 21.0. The molecular formula is C54H40N6. The van der Waals surface area contributed by atoms with Gasteiger partial charge in [-0.2, -0.15) is 21.0 Å². The Kier molecular flexibility index (Phi) is 9.34. The monoisotopic (exact) mass is 772 g/mol. The lowest BCUT2D eigenvalue weighted by Crippen LogP contribution is -2.13. The third kappa shape index (κ3) is 6.23. The Morgan fingerprint density at radius 1 is 0.350 bits per heavy atom. The van der Waals surface area contributed by atoms with E-state index in [4.69, 9.17) is 0 Å². The molecule has 10 rings (SSSR count). The quantitative estimate of drug-likeness (QED) is 0.143. The minimum absolute atomic E-state index is 0.416. The van der Waals surface area contributed by atoms with Crippen molar-refractivity contribution in [3.63, 3.8) is 0 Å². The highest BCUT2D eigenvalue weighted by Crippen LogP contribution is 2.53. The second-order valence-corrected chi connectivity index (χ2v) is 16.3. The van der Waals surface area contributed by atoms with E-state index >= 15 is 0 Å². The van der Waals surface area contributed by atoms with Gasteiger partial charge in [0.25, 0.3) is 0 Å². The van der Waals surface area contributed by atoms with Crippen LogP contribution in [0.4, 0.5) is 34.1 Å². The minimum atomic E-state index is 0.416. The number of nitriles is 4. The maximum absolute atomic E-state index is 9.75. The van der Waals surface area contributed by atoms with Crippen LogP contribution in [-0.2, 0) is 0 Å². The van der Waals surface area contributed by atoms with Crippen molar-refractivity contribution in [2.24, 2.45) is 0 Å². The van der Waals surface area contributed by atoms with Crippen LogP contribution >= 0.6 is 0 Å². The Hall–Kier alpha value is -7.64. The summed E-state index contributed by atoms with van der Waals surface area (Å²) in [4.78, 5) is 4.59. The highest BCUT2D eigenvalue weighted by atomic mass is 15.1. The molecule has 0 spiro atoms. The molecule has 0 atom stereocenters. The van der Waals surface area contributed by atoms with Gasteiger partial charge >= 0.3 is 0 Å². The molecule has 0 amide bonds. The van der Waals surface area contributed by atoms with Gasteiger partial charge < -0.3 is 9.80 Å². The molecule has 2 saturated carbocycles. The summed E-state index contributed by atoms with van der Waals surface area (Å²) in [7, 11) is 0. The molecule has 0 heterocycles. The van der Waals surface area contributed by atoms with E-state index in [1.165, 1.54) is 58.4 Å². The van der Waals surface area contributed by atoms with Crippen LogP contribution in [0.25, 0.3) is 32.3 Å². The standard InChI is InChI=1S/C54H40N6/c55-31-35-9-17-41(18-10-35)59(42-19-11-36(32-56)12-20-42)51-29-49(39-5-1-2-6-39)45-25-27-48-52(30-50(40-7-3-4-8-40)46-26-28-47(51)53(45)54(46)48)60(43-21-13-37(33-57)14-22-43)44-23-15-38(34-58)16-24-44/h9-30,39-40H,1-8H2. The van der Waals surface area contributed by atoms with Crippen LogP contribution in [0.3, 0.4) is 0 Å². The number of nitrogens with zero attached hydrogens (tertiary/aromatic N) is 6. The van der Waals surface area contributed by atoms with E-state index in [-0.39, 0.29) is 0 Å². The van der Waals surface area contributed by atoms with E-state index in [0.717, 1.165) is 70.6 Å². The predicted octanol–water partition coefficient (Wildman–Crippen LogP) is 14.3. The van der Waals surface area contributed by atoms with E-state index in [9.17, 15) is 21.0 Å². The third-order valence-corrected chi connectivity index (χ3v) is 13.0. The number of benzene rings is 8. The molecule has 60 heavy (non-hydrogen) atoms. The first-order valence-electron chi connectivity index (χ1n) is 21.0. The van der Waals surface area contributed by atoms with Crippen LogP contribution in [0.1, 0.15) is 96.6 Å². The predicted molar refractivity (Wildman–Crippen MR) is 241 cm³/mol. The van der Waals surface area contributed by atoms with Gasteiger partial charge in [-0.1, -0.05) is 49.9 Å². The van der Waals surface area contributed by atoms with Crippen molar-refractivity contribution in [2.75, 3.05) is 9.80 Å². The second kappa shape index (κ2) is 15.3. The minimum Gasteiger partial charge on any atom is -0.310 e. The molecule has 8 aromatic carbocycles. The Labute approximate surface area is 350 Å². The summed E-state index contributed by atoms with van der Waals surface area (Å²) in [6.07, 6.45) is 9.38. The third-order valence-electron chi connectivity index (χ3n) is 13.0. The maximum atomic E-state index is 9.75. The summed E-state index contributed by atoms with van der Waals surface area (Å²) in [5.41, 5.74) is 11.0. The summed E-state index contributed by atoms with van der Waals surface area (Å²) >= 11 is 0. The van der Waals surface area contributed by atoms with Crippen molar-refractivity contribution in [3.05, 3.63) is 167 Å². The molecule has 6 heteroatoms. The van der Waals surface area contributed by atoms with Gasteiger partial charge in [0, 0.05) is 33.5 Å². The molecule has 0 bridgehead atoms. The van der Waals surface area contributed by atoms with Crippen LogP contribution in [0.2, 0.25) is 0 Å². The number of anilines is 6. The zero-order valence-corrected chi connectivity index (χ0v) is 33.2. The second-order valence-electron chi connectivity index (χ2n) is 16.3. The molecule has 2 fully saturated rings. The van der Waals surface area contributed by atoms with Crippen LogP contribution < -0.4 is 9.80 Å². The first-order chi connectivity index (χ1) is 29.6. The lowest BCUT2D eigenvalue weighted by atomic mass is 9.82. The van der Waals surface area contributed by atoms with E-state index in [2.05, 4.69) is 70.5 Å². The fourth-order valence-corrected chi connectivity index (χ4v) is 10.1. The van der Waals surface area contributed by atoms with Crippen LogP contribution in [0.5, 0.6) is 0 Å². The topological polar surface area (TPSA) is 102 Å². The van der Waals surface area contributed by atoms with Gasteiger partial charge in [0.1, 0.15) is 0 Å². The number of rotatable bonds is 8. The van der Waals surface area contributed by atoms with Crippen molar-refractivity contribution in [2.45, 2.75) is 63.2 Å². The fourth-order valence-electron chi connectivity index (χ4n) is 10.1. The van der Waals surface area contributed by atoms with Gasteiger partial charge in [-0.3, -0.25) is 0 Å². The number of hydrogen-bond acceptors (Lipinski definition) is 6. The van der Waals surface area contributed by atoms with Gasteiger partial charge in [-0.25, -0.2) is 0 Å². The Morgan fingerprint density at radius 3 is 0.883 bits per heavy atom. The molecule has 2 aliphatic rings. The largest absolute Gasteiger partial charge is 0.310 e. The normalized spacial score (nSPS) is 14.3. The van der Waals surface area contributed by atoms with E-state index in [1.807, 2.05) is 97.1 Å². The van der Waals surface area contributed by atoms with Gasteiger partial charge in [0.05, 0.1) is 57.9 Å². The number of hydrogen-bond donors (Lipinski definition) is 0. The van der Waals surface area contributed by atoms with Crippen LogP contribution in [-0.4, -0.2) is 0 Å². The Balaban J connectivity index is 1.32. The van der Waals surface area contributed by atoms with Crippen molar-refractivity contribution in [1.82, 2.24) is 0 Å². The summed E-state index contributed by atoms with van der Waals surface area (Å²) in [6, 6.07) is 54.5. The average molecular weight is 773 g/mol. The highest BCUT2D eigenvalue weighted by Gasteiger charge is 2.30. The van der Waals surface area contributed by atoms with Crippen LogP contribution in [0, 0.1) is 45.3 Å². The molecule has 286 valence electrons. The lowest BCUT2D eigenvalue weighted by Gasteiger charge is -2.32. The molecule has 0 unspecified atom stereocenters. The highest BCUT2D eigenvalue weighted by molar-refractivity contribution is 6.29. The molecule has 0 saturated heterocycles. The van der Waals surface area contributed by atoms with Gasteiger partial charge in [0.2, 0.25) is 0 Å². The van der Waals surface area contributed by atoms with Crippen LogP contribution in [0.15, 0.2) is 133 Å². The average Bonchev–Trinajstić information content (AvgIpc) is 4.06. The van der Waals surface area contributed by atoms with Crippen molar-refractivity contribution < 1.29 is 0 Å². The van der Waals surface area contributed by atoms with E-state index in [0.29, 0.717) is 34.1 Å². The summed E-state index contributed by atoms with van der Waals surface area (Å²) in [6.45, 7) is 0. The van der Waals surface area contributed by atoms with Gasteiger partial charge in [0.15, 0.2) is 0 Å². The lowest BCUT2D eigenvalue weighted by molar-refractivity contribution is 0.729. The molecule has 0 aliphatic heterocycles. The van der Waals surface area contributed by atoms with Crippen molar-refractivity contribution in [3.8, 4) is 24.3 Å². The molecule has 0 N–H and O–H groups in total. The smallest absolute Gasteiger partial charge is 0.0991 e. The Morgan fingerprint density at radius 2 is 0.617 bits per heavy atom. The molecule has 2 aliphatic carbocycles. The SMILES string of the molecule is N#Cc1ccc(N(c2ccc(C#N)cc2)c2cc(C3CCCC3)c3ccc4c(N(c5ccc(C#N)cc5)c5ccc(C#N)cc5)cc(C5CCCC5)c5ccc2c3c54)cc1.